The van der Waals surface area contributed by atoms with Crippen LogP contribution in [0, 0.1) is 5.92 Å². The Morgan fingerprint density at radius 2 is 1.62 bits per heavy atom. The molecule has 1 aromatic heterocycles. The molecule has 3 rings (SSSR count). The molecule has 1 amide bonds. The summed E-state index contributed by atoms with van der Waals surface area (Å²) >= 11 is 5.04. The van der Waals surface area contributed by atoms with Crippen LogP contribution < -0.4 is 5.32 Å². The van der Waals surface area contributed by atoms with Gasteiger partial charge in [0.25, 0.3) is 5.91 Å². The highest BCUT2D eigenvalue weighted by atomic mass is 32.1. The number of thiocarbonyl (C=S) groups is 1. The van der Waals surface area contributed by atoms with Crippen LogP contribution in [0.5, 0.6) is 11.8 Å². The van der Waals surface area contributed by atoms with Crippen LogP contribution >= 0.6 is 12.2 Å². The van der Waals surface area contributed by atoms with Gasteiger partial charge in [0.05, 0.1) is 5.69 Å². The molecular weight excluding hydrogens is 388 g/mol. The Morgan fingerprint density at radius 3 is 2.17 bits per heavy atom. The number of hydrogen-bond acceptors (Lipinski definition) is 4. The normalized spacial score (nSPS) is 11.4. The summed E-state index contributed by atoms with van der Waals surface area (Å²) in [5.41, 5.74) is 0.828. The van der Waals surface area contributed by atoms with Crippen molar-refractivity contribution in [2.24, 2.45) is 16.1 Å². The Bertz CT molecular complexity index is 1030. The standard InChI is InChI=1S/C21H22N4O3S/c1-13(2)11-12-22-21(29)24-23-18(26)14-7-9-15(10-8-14)25-19(27)16-5-3-4-6-17(16)20(25)28/h3-10,13,27-28H,11-12H2,1-2H3,(H,22,29). The molecule has 0 aliphatic heterocycles. The smallest absolute Gasteiger partial charge is 0.295 e. The first kappa shape index (κ1) is 20.5. The molecule has 0 unspecified atom stereocenters. The number of fused-ring (bicyclic) bond motifs is 1. The maximum absolute atomic E-state index is 12.2. The van der Waals surface area contributed by atoms with Crippen molar-refractivity contribution >= 4 is 34.0 Å². The molecule has 8 heteroatoms. The van der Waals surface area contributed by atoms with Crippen molar-refractivity contribution in [3.05, 3.63) is 54.1 Å². The molecule has 29 heavy (non-hydrogen) atoms. The summed E-state index contributed by atoms with van der Waals surface area (Å²) in [6, 6.07) is 13.3. The lowest BCUT2D eigenvalue weighted by molar-refractivity contribution is 0.0995. The van der Waals surface area contributed by atoms with Crippen LogP contribution in [0.4, 0.5) is 0 Å². The molecule has 0 aliphatic carbocycles. The summed E-state index contributed by atoms with van der Waals surface area (Å²) in [6.45, 7) is 4.89. The van der Waals surface area contributed by atoms with Gasteiger partial charge in [-0.3, -0.25) is 9.36 Å². The third-order valence-corrected chi connectivity index (χ3v) is 4.66. The maximum Gasteiger partial charge on any atom is 0.295 e. The molecular formula is C21H22N4O3S. The van der Waals surface area contributed by atoms with E-state index in [9.17, 15) is 15.0 Å². The van der Waals surface area contributed by atoms with Gasteiger partial charge in [-0.2, -0.15) is 0 Å². The third kappa shape index (κ3) is 4.60. The minimum atomic E-state index is -0.532. The zero-order valence-corrected chi connectivity index (χ0v) is 17.0. The van der Waals surface area contributed by atoms with E-state index in [0.717, 1.165) is 6.42 Å². The highest BCUT2D eigenvalue weighted by Gasteiger charge is 2.17. The number of rotatable bonds is 5. The summed E-state index contributed by atoms with van der Waals surface area (Å²) in [4.78, 5) is 12.2. The fourth-order valence-electron chi connectivity index (χ4n) is 2.86. The van der Waals surface area contributed by atoms with Crippen LogP contribution in [0.1, 0.15) is 30.6 Å². The number of amides is 1. The minimum absolute atomic E-state index is 0.0744. The molecule has 0 bridgehead atoms. The minimum Gasteiger partial charge on any atom is -0.494 e. The molecule has 0 fully saturated rings. The molecule has 0 atom stereocenters. The van der Waals surface area contributed by atoms with Gasteiger partial charge in [0.15, 0.2) is 0 Å². The number of hydrogen-bond donors (Lipinski definition) is 3. The zero-order chi connectivity index (χ0) is 21.0. The number of aromatic hydroxyl groups is 2. The van der Waals surface area contributed by atoms with E-state index >= 15 is 0 Å². The number of benzene rings is 2. The first-order valence-corrected chi connectivity index (χ1v) is 9.65. The van der Waals surface area contributed by atoms with Crippen molar-refractivity contribution in [3.8, 4) is 17.4 Å². The lowest BCUT2D eigenvalue weighted by Crippen LogP contribution is -2.21. The summed E-state index contributed by atoms with van der Waals surface area (Å²) in [5.74, 6) is -0.140. The third-order valence-electron chi connectivity index (χ3n) is 4.43. The van der Waals surface area contributed by atoms with Crippen molar-refractivity contribution in [1.82, 2.24) is 9.88 Å². The van der Waals surface area contributed by atoms with E-state index in [0.29, 0.717) is 34.5 Å². The molecule has 0 aliphatic rings. The zero-order valence-electron chi connectivity index (χ0n) is 16.2. The molecule has 0 spiro atoms. The number of nitrogens with one attached hydrogen (secondary N) is 1. The van der Waals surface area contributed by atoms with Crippen molar-refractivity contribution in [3.63, 3.8) is 0 Å². The second-order valence-corrected chi connectivity index (χ2v) is 7.38. The van der Waals surface area contributed by atoms with E-state index in [-0.39, 0.29) is 16.9 Å². The number of nitrogens with zero attached hydrogens (tertiary/aromatic N) is 3. The highest BCUT2D eigenvalue weighted by Crippen LogP contribution is 2.38. The van der Waals surface area contributed by atoms with E-state index in [4.69, 9.17) is 12.2 Å². The fourth-order valence-corrected chi connectivity index (χ4v) is 3.01. The van der Waals surface area contributed by atoms with Crippen LogP contribution in [0.25, 0.3) is 16.5 Å². The summed E-state index contributed by atoms with van der Waals surface area (Å²) in [5, 5.41) is 32.4. The van der Waals surface area contributed by atoms with Crippen molar-refractivity contribution in [1.29, 1.82) is 0 Å². The quantitative estimate of drug-likeness (QED) is 0.423. The average molecular weight is 410 g/mol. The first-order valence-electron chi connectivity index (χ1n) is 9.24. The van der Waals surface area contributed by atoms with Gasteiger partial charge < -0.3 is 15.5 Å². The molecule has 0 saturated carbocycles. The lowest BCUT2D eigenvalue weighted by Gasteiger charge is -2.07. The van der Waals surface area contributed by atoms with Crippen molar-refractivity contribution in [2.45, 2.75) is 20.3 Å². The molecule has 1 heterocycles. The SMILES string of the molecule is CC(C)CCNC(=S)N=NC(=O)c1ccc(-n2c(O)c3ccccc3c2O)cc1. The molecule has 2 aromatic carbocycles. The van der Waals surface area contributed by atoms with Crippen LogP contribution in [-0.2, 0) is 0 Å². The van der Waals surface area contributed by atoms with Gasteiger partial charge >= 0.3 is 0 Å². The first-order chi connectivity index (χ1) is 13.9. The van der Waals surface area contributed by atoms with Crippen molar-refractivity contribution < 1.29 is 15.0 Å². The van der Waals surface area contributed by atoms with Gasteiger partial charge in [-0.1, -0.05) is 26.0 Å². The lowest BCUT2D eigenvalue weighted by atomic mass is 10.1. The van der Waals surface area contributed by atoms with Crippen LogP contribution in [0.15, 0.2) is 58.8 Å². The van der Waals surface area contributed by atoms with Crippen LogP contribution in [0.3, 0.4) is 0 Å². The Hall–Kier alpha value is -3.26. The van der Waals surface area contributed by atoms with Crippen LogP contribution in [-0.4, -0.2) is 32.3 Å². The molecule has 3 aromatic rings. The highest BCUT2D eigenvalue weighted by molar-refractivity contribution is 7.80. The Morgan fingerprint density at radius 1 is 1.03 bits per heavy atom. The van der Waals surface area contributed by atoms with E-state index in [1.165, 1.54) is 4.57 Å². The monoisotopic (exact) mass is 410 g/mol. The van der Waals surface area contributed by atoms with E-state index < -0.39 is 5.91 Å². The second kappa shape index (κ2) is 8.83. The average Bonchev–Trinajstić information content (AvgIpc) is 2.97. The van der Waals surface area contributed by atoms with Gasteiger partial charge in [-0.25, -0.2) is 0 Å². The molecule has 3 N–H and O–H groups in total. The molecule has 7 nitrogen and oxygen atoms in total. The number of carbonyl (C=O) groups excluding carboxylic acids is 1. The summed E-state index contributed by atoms with van der Waals surface area (Å²) in [6.07, 6.45) is 0.944. The Kier molecular flexibility index (Phi) is 6.23. The predicted octanol–water partition coefficient (Wildman–Crippen LogP) is 4.55. The van der Waals surface area contributed by atoms with E-state index in [2.05, 4.69) is 29.4 Å². The van der Waals surface area contributed by atoms with Gasteiger partial charge in [0.2, 0.25) is 16.9 Å². The van der Waals surface area contributed by atoms with Crippen molar-refractivity contribution in [2.75, 3.05) is 6.54 Å². The Balaban J connectivity index is 1.73. The fraction of sp³-hybridized carbons (Fsp3) is 0.238. The van der Waals surface area contributed by atoms with E-state index in [1.54, 1.807) is 48.5 Å². The van der Waals surface area contributed by atoms with Crippen LogP contribution in [0.2, 0.25) is 0 Å². The summed E-state index contributed by atoms with van der Waals surface area (Å²) < 4.78 is 1.31. The topological polar surface area (TPSA) is 99.2 Å². The Labute approximate surface area is 173 Å². The van der Waals surface area contributed by atoms with Gasteiger partial charge in [0.1, 0.15) is 0 Å². The largest absolute Gasteiger partial charge is 0.494 e. The van der Waals surface area contributed by atoms with Gasteiger partial charge in [0, 0.05) is 22.9 Å². The maximum atomic E-state index is 12.2. The van der Waals surface area contributed by atoms with Gasteiger partial charge in [-0.05, 0) is 61.0 Å². The summed E-state index contributed by atoms with van der Waals surface area (Å²) in [7, 11) is 0. The number of carbonyl (C=O) groups is 1. The molecule has 0 radical (unpaired) electrons. The predicted molar refractivity (Wildman–Crippen MR) is 116 cm³/mol. The molecule has 150 valence electrons. The van der Waals surface area contributed by atoms with Gasteiger partial charge in [-0.15, -0.1) is 10.2 Å². The number of aromatic nitrogens is 1. The van der Waals surface area contributed by atoms with E-state index in [1.807, 2.05) is 0 Å². The number of azo groups is 1. The second-order valence-electron chi connectivity index (χ2n) is 6.99. The molecule has 0 saturated heterocycles.